The van der Waals surface area contributed by atoms with Gasteiger partial charge in [0, 0.05) is 23.7 Å². The highest BCUT2D eigenvalue weighted by molar-refractivity contribution is 5.29. The molecule has 1 aromatic rings. The fourth-order valence-electron chi connectivity index (χ4n) is 2.04. The molecule has 0 spiro atoms. The summed E-state index contributed by atoms with van der Waals surface area (Å²) in [5, 5.41) is 3.36. The van der Waals surface area contributed by atoms with Crippen molar-refractivity contribution in [3.63, 3.8) is 0 Å². The maximum atomic E-state index is 14.0. The summed E-state index contributed by atoms with van der Waals surface area (Å²) < 4.78 is 27.3. The molecule has 18 heavy (non-hydrogen) atoms. The standard InChI is InChI=1S/C15H23F2N/c1-9(2)18-14(15(4,5)6)11-7-10(3)12(16)8-13(11)17/h7-9,14,18H,1-6H3. The molecule has 102 valence electrons. The van der Waals surface area contributed by atoms with Crippen molar-refractivity contribution in [2.75, 3.05) is 0 Å². The van der Waals surface area contributed by atoms with Crippen LogP contribution in [0.5, 0.6) is 0 Å². The smallest absolute Gasteiger partial charge is 0.130 e. The minimum atomic E-state index is -0.492. The monoisotopic (exact) mass is 255 g/mol. The van der Waals surface area contributed by atoms with Crippen LogP contribution in [0.2, 0.25) is 0 Å². The molecule has 0 heterocycles. The van der Waals surface area contributed by atoms with Gasteiger partial charge < -0.3 is 5.32 Å². The van der Waals surface area contributed by atoms with E-state index >= 15 is 0 Å². The SMILES string of the molecule is Cc1cc(C(NC(C)C)C(C)(C)C)c(F)cc1F. The largest absolute Gasteiger partial charge is 0.307 e. The van der Waals surface area contributed by atoms with Crippen LogP contribution >= 0.6 is 0 Å². The number of hydrogen-bond donors (Lipinski definition) is 1. The van der Waals surface area contributed by atoms with E-state index in [4.69, 9.17) is 0 Å². The third kappa shape index (κ3) is 3.52. The molecule has 1 nitrogen and oxygen atoms in total. The number of benzene rings is 1. The highest BCUT2D eigenvalue weighted by Crippen LogP contribution is 2.35. The minimum Gasteiger partial charge on any atom is -0.307 e. The van der Waals surface area contributed by atoms with Crippen LogP contribution in [0.4, 0.5) is 8.78 Å². The Morgan fingerprint density at radius 1 is 1.06 bits per heavy atom. The third-order valence-electron chi connectivity index (χ3n) is 2.95. The van der Waals surface area contributed by atoms with Crippen LogP contribution in [0, 0.1) is 24.0 Å². The van der Waals surface area contributed by atoms with Gasteiger partial charge in [0.25, 0.3) is 0 Å². The molecule has 1 aromatic carbocycles. The summed E-state index contributed by atoms with van der Waals surface area (Å²) in [6, 6.07) is 2.68. The number of aryl methyl sites for hydroxylation is 1. The Labute approximate surface area is 109 Å². The van der Waals surface area contributed by atoms with E-state index in [0.717, 1.165) is 6.07 Å². The topological polar surface area (TPSA) is 12.0 Å². The Morgan fingerprint density at radius 2 is 1.61 bits per heavy atom. The van der Waals surface area contributed by atoms with Crippen LogP contribution in [0.15, 0.2) is 12.1 Å². The van der Waals surface area contributed by atoms with Crippen molar-refractivity contribution in [2.45, 2.75) is 53.6 Å². The van der Waals surface area contributed by atoms with Gasteiger partial charge in [0.1, 0.15) is 11.6 Å². The molecule has 0 saturated carbocycles. The fraction of sp³-hybridized carbons (Fsp3) is 0.600. The second-order valence-electron chi connectivity index (χ2n) is 6.24. The Bertz CT molecular complexity index is 419. The molecule has 0 aliphatic rings. The van der Waals surface area contributed by atoms with Gasteiger partial charge in [-0.1, -0.05) is 34.6 Å². The van der Waals surface area contributed by atoms with Gasteiger partial charge in [-0.3, -0.25) is 0 Å². The zero-order chi connectivity index (χ0) is 14.1. The summed E-state index contributed by atoms with van der Waals surface area (Å²) in [7, 11) is 0. The number of halogens is 2. The number of hydrogen-bond acceptors (Lipinski definition) is 1. The van der Waals surface area contributed by atoms with Crippen LogP contribution in [0.25, 0.3) is 0 Å². The van der Waals surface area contributed by atoms with E-state index in [-0.39, 0.29) is 17.5 Å². The molecule has 0 amide bonds. The van der Waals surface area contributed by atoms with E-state index in [9.17, 15) is 8.78 Å². The van der Waals surface area contributed by atoms with Gasteiger partial charge >= 0.3 is 0 Å². The predicted molar refractivity (Wildman–Crippen MR) is 71.6 cm³/mol. The summed E-state index contributed by atoms with van der Waals surface area (Å²) in [6.07, 6.45) is 0. The van der Waals surface area contributed by atoms with Crippen LogP contribution in [-0.4, -0.2) is 6.04 Å². The van der Waals surface area contributed by atoms with Crippen molar-refractivity contribution >= 4 is 0 Å². The van der Waals surface area contributed by atoms with E-state index in [1.54, 1.807) is 13.0 Å². The first-order valence-corrected chi connectivity index (χ1v) is 6.34. The van der Waals surface area contributed by atoms with E-state index in [1.807, 2.05) is 34.6 Å². The zero-order valence-corrected chi connectivity index (χ0v) is 12.1. The normalized spacial score (nSPS) is 14.1. The molecule has 3 heteroatoms. The third-order valence-corrected chi connectivity index (χ3v) is 2.95. The van der Waals surface area contributed by atoms with Crippen LogP contribution in [0.3, 0.4) is 0 Å². The van der Waals surface area contributed by atoms with Crippen LogP contribution < -0.4 is 5.32 Å². The molecule has 0 radical (unpaired) electrons. The molecular weight excluding hydrogens is 232 g/mol. The van der Waals surface area contributed by atoms with Gasteiger partial charge in [-0.25, -0.2) is 8.78 Å². The van der Waals surface area contributed by atoms with Crippen molar-refractivity contribution in [2.24, 2.45) is 5.41 Å². The summed E-state index contributed by atoms with van der Waals surface area (Å²) in [6.45, 7) is 11.8. The molecule has 0 fully saturated rings. The lowest BCUT2D eigenvalue weighted by atomic mass is 9.81. The lowest BCUT2D eigenvalue weighted by Gasteiger charge is -2.34. The summed E-state index contributed by atoms with van der Waals surface area (Å²) in [5.41, 5.74) is 0.872. The highest BCUT2D eigenvalue weighted by atomic mass is 19.1. The molecular formula is C15H23F2N. The lowest BCUT2D eigenvalue weighted by Crippen LogP contribution is -2.37. The molecule has 0 aromatic heterocycles. The Morgan fingerprint density at radius 3 is 2.06 bits per heavy atom. The minimum absolute atomic E-state index is 0.142. The Hall–Kier alpha value is -0.960. The molecule has 1 rings (SSSR count). The van der Waals surface area contributed by atoms with Gasteiger partial charge in [0.15, 0.2) is 0 Å². The second kappa shape index (κ2) is 5.35. The van der Waals surface area contributed by atoms with Gasteiger partial charge in [-0.05, 0) is 24.0 Å². The molecule has 1 N–H and O–H groups in total. The van der Waals surface area contributed by atoms with Crippen molar-refractivity contribution < 1.29 is 8.78 Å². The molecule has 0 aliphatic carbocycles. The first-order chi connectivity index (χ1) is 8.12. The number of rotatable bonds is 3. The van der Waals surface area contributed by atoms with Crippen molar-refractivity contribution in [3.05, 3.63) is 34.9 Å². The van der Waals surface area contributed by atoms with Crippen molar-refractivity contribution in [1.29, 1.82) is 0 Å². The predicted octanol–water partition coefficient (Wildman–Crippen LogP) is 4.36. The molecule has 1 atom stereocenters. The Kier molecular flexibility index (Phi) is 4.49. The quantitative estimate of drug-likeness (QED) is 0.846. The maximum absolute atomic E-state index is 14.0. The van der Waals surface area contributed by atoms with Crippen LogP contribution in [0.1, 0.15) is 51.8 Å². The average Bonchev–Trinajstić information content (AvgIpc) is 2.18. The Balaban J connectivity index is 3.25. The van der Waals surface area contributed by atoms with E-state index in [1.165, 1.54) is 0 Å². The number of nitrogens with one attached hydrogen (secondary N) is 1. The van der Waals surface area contributed by atoms with E-state index in [0.29, 0.717) is 11.1 Å². The average molecular weight is 255 g/mol. The summed E-state index contributed by atoms with van der Waals surface area (Å²) in [5.74, 6) is -0.973. The first kappa shape index (κ1) is 15.1. The van der Waals surface area contributed by atoms with Gasteiger partial charge in [0.2, 0.25) is 0 Å². The molecule has 0 bridgehead atoms. The van der Waals surface area contributed by atoms with Gasteiger partial charge in [-0.15, -0.1) is 0 Å². The van der Waals surface area contributed by atoms with Gasteiger partial charge in [0.05, 0.1) is 0 Å². The highest BCUT2D eigenvalue weighted by Gasteiger charge is 2.29. The zero-order valence-electron chi connectivity index (χ0n) is 12.1. The summed E-state index contributed by atoms with van der Waals surface area (Å²) >= 11 is 0. The fourth-order valence-corrected chi connectivity index (χ4v) is 2.04. The van der Waals surface area contributed by atoms with E-state index < -0.39 is 11.6 Å². The van der Waals surface area contributed by atoms with Crippen molar-refractivity contribution in [1.82, 2.24) is 5.32 Å². The lowest BCUT2D eigenvalue weighted by molar-refractivity contribution is 0.251. The van der Waals surface area contributed by atoms with E-state index in [2.05, 4.69) is 5.32 Å². The molecule has 1 unspecified atom stereocenters. The maximum Gasteiger partial charge on any atom is 0.130 e. The van der Waals surface area contributed by atoms with Crippen LogP contribution in [-0.2, 0) is 0 Å². The first-order valence-electron chi connectivity index (χ1n) is 6.34. The second-order valence-corrected chi connectivity index (χ2v) is 6.24. The van der Waals surface area contributed by atoms with Crippen molar-refractivity contribution in [3.8, 4) is 0 Å². The molecule has 0 aliphatic heterocycles. The summed E-state index contributed by atoms with van der Waals surface area (Å²) in [4.78, 5) is 0. The van der Waals surface area contributed by atoms with Gasteiger partial charge in [-0.2, -0.15) is 0 Å². The molecule has 0 saturated heterocycles.